The first-order chi connectivity index (χ1) is 12.1. The number of β-lactam (4-membered cyclic amide) rings is 1. The second-order valence-electron chi connectivity index (χ2n) is 5.58. The van der Waals surface area contributed by atoms with Gasteiger partial charge in [-0.3, -0.25) is 9.69 Å². The minimum Gasteiger partial charge on any atom is -0.497 e. The Morgan fingerprint density at radius 2 is 2.04 bits per heavy atom. The molecule has 0 spiro atoms. The highest BCUT2D eigenvalue weighted by Gasteiger charge is 2.54. The highest BCUT2D eigenvalue weighted by Crippen LogP contribution is 2.41. The van der Waals surface area contributed by atoms with Crippen molar-refractivity contribution < 1.29 is 23.8 Å². The number of amides is 1. The first-order valence-corrected chi connectivity index (χ1v) is 9.24. The summed E-state index contributed by atoms with van der Waals surface area (Å²) in [4.78, 5) is 26.3. The Balaban J connectivity index is 1.72. The Hall–Kier alpha value is -1.70. The number of benzene rings is 1. The first-order valence-electron chi connectivity index (χ1n) is 7.66. The quantitative estimate of drug-likeness (QED) is 0.426. The topological polar surface area (TPSA) is 65.1 Å². The van der Waals surface area contributed by atoms with Crippen molar-refractivity contribution in [2.75, 3.05) is 25.9 Å². The standard InChI is InChI=1S/C17H18ClNO5S/c1-22-12-5-3-10(4-6-12)8-24-17(21)13-11(7-18)9-25-16-14(23-2)15(20)19(13)16/h3-6,14,16H,7-9H2,1-2H3/t14-,16-/m0/s1. The molecule has 134 valence electrons. The number of hydrogen-bond acceptors (Lipinski definition) is 6. The fraction of sp³-hybridized carbons (Fsp3) is 0.412. The van der Waals surface area contributed by atoms with Gasteiger partial charge in [-0.1, -0.05) is 12.1 Å². The predicted molar refractivity (Wildman–Crippen MR) is 94.4 cm³/mol. The third-order valence-electron chi connectivity index (χ3n) is 4.14. The molecule has 8 heteroatoms. The lowest BCUT2D eigenvalue weighted by Gasteiger charge is -2.48. The van der Waals surface area contributed by atoms with E-state index in [1.165, 1.54) is 23.8 Å². The Labute approximate surface area is 155 Å². The molecule has 2 aliphatic heterocycles. The normalized spacial score (nSPS) is 22.4. The van der Waals surface area contributed by atoms with Crippen LogP contribution in [0.2, 0.25) is 0 Å². The largest absolute Gasteiger partial charge is 0.497 e. The molecule has 0 unspecified atom stereocenters. The van der Waals surface area contributed by atoms with Gasteiger partial charge in [0.25, 0.3) is 5.91 Å². The monoisotopic (exact) mass is 383 g/mol. The van der Waals surface area contributed by atoms with Crippen LogP contribution in [0.25, 0.3) is 0 Å². The van der Waals surface area contributed by atoms with Crippen molar-refractivity contribution in [3.8, 4) is 5.75 Å². The van der Waals surface area contributed by atoms with Gasteiger partial charge in [0, 0.05) is 18.7 Å². The van der Waals surface area contributed by atoms with E-state index in [0.717, 1.165) is 11.3 Å². The molecule has 6 nitrogen and oxygen atoms in total. The van der Waals surface area contributed by atoms with Gasteiger partial charge in [0.05, 0.1) is 7.11 Å². The van der Waals surface area contributed by atoms with Crippen LogP contribution < -0.4 is 4.74 Å². The van der Waals surface area contributed by atoms with Crippen LogP contribution in [0, 0.1) is 0 Å². The van der Waals surface area contributed by atoms with Gasteiger partial charge in [-0.05, 0) is 23.3 Å². The van der Waals surface area contributed by atoms with Crippen LogP contribution in [0.1, 0.15) is 5.56 Å². The number of rotatable bonds is 6. The summed E-state index contributed by atoms with van der Waals surface area (Å²) < 4.78 is 15.7. The average Bonchev–Trinajstić information content (AvgIpc) is 2.65. The van der Waals surface area contributed by atoms with Crippen molar-refractivity contribution in [2.45, 2.75) is 18.1 Å². The molecule has 0 bridgehead atoms. The number of carbonyl (C=O) groups excluding carboxylic acids is 2. The van der Waals surface area contributed by atoms with Crippen LogP contribution in [0.3, 0.4) is 0 Å². The van der Waals surface area contributed by atoms with Gasteiger partial charge >= 0.3 is 5.97 Å². The summed E-state index contributed by atoms with van der Waals surface area (Å²) in [6.45, 7) is 0.107. The highest BCUT2D eigenvalue weighted by atomic mass is 35.5. The maximum Gasteiger partial charge on any atom is 0.355 e. The number of alkyl halides is 1. The smallest absolute Gasteiger partial charge is 0.355 e. The van der Waals surface area contributed by atoms with Gasteiger partial charge in [0.15, 0.2) is 6.10 Å². The maximum absolute atomic E-state index is 12.6. The average molecular weight is 384 g/mol. The van der Waals surface area contributed by atoms with Crippen molar-refractivity contribution in [1.82, 2.24) is 4.90 Å². The fourth-order valence-electron chi connectivity index (χ4n) is 2.76. The Morgan fingerprint density at radius 3 is 2.64 bits per heavy atom. The molecular weight excluding hydrogens is 366 g/mol. The van der Waals surface area contributed by atoms with E-state index >= 15 is 0 Å². The third-order valence-corrected chi connectivity index (χ3v) is 5.77. The number of nitrogens with zero attached hydrogens (tertiary/aromatic N) is 1. The molecule has 0 aliphatic carbocycles. The Kier molecular flexibility index (Phi) is 5.56. The molecule has 0 saturated carbocycles. The number of esters is 1. The van der Waals surface area contributed by atoms with Crippen LogP contribution in [0.5, 0.6) is 5.75 Å². The van der Waals surface area contributed by atoms with E-state index in [9.17, 15) is 9.59 Å². The zero-order valence-corrected chi connectivity index (χ0v) is 15.4. The lowest BCUT2D eigenvalue weighted by molar-refractivity contribution is -0.163. The van der Waals surface area contributed by atoms with Crippen LogP contribution in [-0.4, -0.2) is 54.1 Å². The molecule has 0 radical (unpaired) electrons. The van der Waals surface area contributed by atoms with Gasteiger partial charge in [-0.2, -0.15) is 0 Å². The molecule has 1 aromatic rings. The molecule has 2 atom stereocenters. The van der Waals surface area contributed by atoms with E-state index in [-0.39, 0.29) is 29.5 Å². The van der Waals surface area contributed by atoms with Gasteiger partial charge in [0.1, 0.15) is 23.4 Å². The second-order valence-corrected chi connectivity index (χ2v) is 6.95. The molecule has 1 saturated heterocycles. The molecular formula is C17H18ClNO5S. The van der Waals surface area contributed by atoms with Crippen LogP contribution >= 0.6 is 23.4 Å². The lowest BCUT2D eigenvalue weighted by atomic mass is 10.1. The Bertz CT molecular complexity index is 705. The second kappa shape index (κ2) is 7.68. The van der Waals surface area contributed by atoms with Gasteiger partial charge in [0.2, 0.25) is 0 Å². The van der Waals surface area contributed by atoms with Crippen molar-refractivity contribution in [1.29, 1.82) is 0 Å². The number of methoxy groups -OCH3 is 2. The SMILES string of the molecule is COc1ccc(COC(=O)C2=C(CCl)CS[C@H]3[C@@H](OC)C(=O)N23)cc1. The number of carbonyl (C=O) groups is 2. The molecule has 1 aromatic carbocycles. The minimum atomic E-state index is -0.542. The number of ether oxygens (including phenoxy) is 3. The van der Waals surface area contributed by atoms with E-state index in [4.69, 9.17) is 25.8 Å². The van der Waals surface area contributed by atoms with Crippen molar-refractivity contribution in [3.63, 3.8) is 0 Å². The van der Waals surface area contributed by atoms with Gasteiger partial charge < -0.3 is 14.2 Å². The van der Waals surface area contributed by atoms with Crippen molar-refractivity contribution >= 4 is 35.2 Å². The summed E-state index contributed by atoms with van der Waals surface area (Å²) in [5, 5.41) is -0.201. The summed E-state index contributed by atoms with van der Waals surface area (Å²) >= 11 is 7.50. The molecule has 1 amide bonds. The number of fused-ring (bicyclic) bond motifs is 1. The molecule has 0 aromatic heterocycles. The predicted octanol–water partition coefficient (Wildman–Crippen LogP) is 2.16. The summed E-state index contributed by atoms with van der Waals surface area (Å²) in [6, 6.07) is 7.22. The summed E-state index contributed by atoms with van der Waals surface area (Å²) in [6.07, 6.45) is -0.522. The van der Waals surface area contributed by atoms with Gasteiger partial charge in [-0.25, -0.2) is 4.79 Å². The maximum atomic E-state index is 12.6. The number of hydrogen-bond donors (Lipinski definition) is 0. The van der Waals surface area contributed by atoms with E-state index in [1.807, 2.05) is 12.1 Å². The van der Waals surface area contributed by atoms with E-state index in [1.54, 1.807) is 19.2 Å². The Morgan fingerprint density at radius 1 is 1.32 bits per heavy atom. The molecule has 0 N–H and O–H groups in total. The fourth-order valence-corrected chi connectivity index (χ4v) is 4.47. The third kappa shape index (κ3) is 3.36. The summed E-state index contributed by atoms with van der Waals surface area (Å²) in [5.74, 6) is 0.698. The molecule has 2 aliphatic rings. The van der Waals surface area contributed by atoms with Crippen molar-refractivity contribution in [2.24, 2.45) is 0 Å². The molecule has 25 heavy (non-hydrogen) atoms. The zero-order chi connectivity index (χ0) is 18.0. The molecule has 1 fully saturated rings. The van der Waals surface area contributed by atoms with Crippen LogP contribution in [-0.2, 0) is 25.7 Å². The lowest BCUT2D eigenvalue weighted by Crippen LogP contribution is -2.65. The zero-order valence-electron chi connectivity index (χ0n) is 13.9. The number of thioether (sulfide) groups is 1. The van der Waals surface area contributed by atoms with Crippen molar-refractivity contribution in [3.05, 3.63) is 41.1 Å². The number of halogens is 1. The summed E-state index contributed by atoms with van der Waals surface area (Å²) in [5.41, 5.74) is 1.78. The van der Waals surface area contributed by atoms with E-state index in [0.29, 0.717) is 11.3 Å². The van der Waals surface area contributed by atoms with E-state index < -0.39 is 12.1 Å². The molecule has 2 heterocycles. The van der Waals surface area contributed by atoms with Gasteiger partial charge in [-0.15, -0.1) is 23.4 Å². The van der Waals surface area contributed by atoms with Crippen LogP contribution in [0.15, 0.2) is 35.5 Å². The molecule has 3 rings (SSSR count). The highest BCUT2D eigenvalue weighted by molar-refractivity contribution is 8.00. The minimum absolute atomic E-state index is 0.107. The summed E-state index contributed by atoms with van der Waals surface area (Å²) in [7, 11) is 3.08. The first kappa shape index (κ1) is 18.1. The van der Waals surface area contributed by atoms with Crippen LogP contribution in [0.4, 0.5) is 0 Å². The van der Waals surface area contributed by atoms with E-state index in [2.05, 4.69) is 0 Å².